The van der Waals surface area contributed by atoms with E-state index in [1.807, 2.05) is 38.1 Å². The van der Waals surface area contributed by atoms with Crippen molar-refractivity contribution in [3.63, 3.8) is 0 Å². The number of benzene rings is 2. The number of carbonyl (C=O) groups is 2. The molecule has 0 aliphatic heterocycles. The third kappa shape index (κ3) is 6.57. The van der Waals surface area contributed by atoms with Gasteiger partial charge in [0.25, 0.3) is 5.91 Å². The summed E-state index contributed by atoms with van der Waals surface area (Å²) in [4.78, 5) is 26.9. The van der Waals surface area contributed by atoms with Crippen LogP contribution in [-0.2, 0) is 16.1 Å². The predicted octanol–water partition coefficient (Wildman–Crippen LogP) is 3.97. The molecule has 28 heavy (non-hydrogen) atoms. The van der Waals surface area contributed by atoms with Crippen molar-refractivity contribution in [3.8, 4) is 5.75 Å². The summed E-state index contributed by atoms with van der Waals surface area (Å²) in [6, 6.07) is 14.2. The van der Waals surface area contributed by atoms with Crippen LogP contribution in [-0.4, -0.2) is 35.9 Å². The molecule has 0 aromatic heterocycles. The van der Waals surface area contributed by atoms with Crippen LogP contribution in [0.4, 0.5) is 0 Å². The van der Waals surface area contributed by atoms with Crippen molar-refractivity contribution < 1.29 is 14.3 Å². The first-order chi connectivity index (χ1) is 13.4. The minimum atomic E-state index is -0.608. The molecule has 1 N–H and O–H groups in total. The first-order valence-electron chi connectivity index (χ1n) is 9.41. The van der Waals surface area contributed by atoms with Crippen molar-refractivity contribution >= 4 is 23.4 Å². The van der Waals surface area contributed by atoms with Crippen molar-refractivity contribution in [1.82, 2.24) is 10.2 Å². The highest BCUT2D eigenvalue weighted by atomic mass is 35.5. The third-order valence-electron chi connectivity index (χ3n) is 4.35. The molecule has 0 unspecified atom stereocenters. The maximum Gasteiger partial charge on any atom is 0.261 e. The molecule has 0 aliphatic carbocycles. The molecule has 0 saturated heterocycles. The van der Waals surface area contributed by atoms with Gasteiger partial charge in [-0.3, -0.25) is 9.59 Å². The van der Waals surface area contributed by atoms with Crippen LogP contribution in [0.3, 0.4) is 0 Å². The molecule has 2 aromatic rings. The Morgan fingerprint density at radius 2 is 1.89 bits per heavy atom. The van der Waals surface area contributed by atoms with Gasteiger partial charge in [-0.1, -0.05) is 54.4 Å². The Morgan fingerprint density at radius 1 is 1.18 bits per heavy atom. The molecular weight excluding hydrogens is 376 g/mol. The number of nitrogens with zero attached hydrogens (tertiary/aromatic N) is 1. The van der Waals surface area contributed by atoms with Crippen LogP contribution in [0.5, 0.6) is 5.75 Å². The van der Waals surface area contributed by atoms with Crippen LogP contribution in [0.2, 0.25) is 5.02 Å². The minimum absolute atomic E-state index is 0.169. The Morgan fingerprint density at radius 3 is 2.54 bits per heavy atom. The fourth-order valence-corrected chi connectivity index (χ4v) is 2.83. The molecule has 0 heterocycles. The second-order valence-corrected chi connectivity index (χ2v) is 7.16. The van der Waals surface area contributed by atoms with Gasteiger partial charge in [0, 0.05) is 18.1 Å². The molecule has 2 amide bonds. The van der Waals surface area contributed by atoms with E-state index in [1.165, 1.54) is 0 Å². The van der Waals surface area contributed by atoms with E-state index in [2.05, 4.69) is 5.32 Å². The number of amides is 2. The molecule has 0 spiro atoms. The predicted molar refractivity (Wildman–Crippen MR) is 111 cm³/mol. The van der Waals surface area contributed by atoms with E-state index in [-0.39, 0.29) is 18.4 Å². The normalized spacial score (nSPS) is 11.6. The molecule has 0 radical (unpaired) electrons. The lowest BCUT2D eigenvalue weighted by molar-refractivity contribution is -0.142. The number of nitrogens with one attached hydrogen (secondary N) is 1. The van der Waals surface area contributed by atoms with Crippen LogP contribution in [0, 0.1) is 6.92 Å². The molecule has 6 heteroatoms. The number of halogens is 1. The van der Waals surface area contributed by atoms with Gasteiger partial charge in [0.15, 0.2) is 6.61 Å². The number of ether oxygens (including phenoxy) is 1. The molecule has 150 valence electrons. The summed E-state index contributed by atoms with van der Waals surface area (Å²) in [5, 5.41) is 3.39. The number of hydrogen-bond donors (Lipinski definition) is 1. The zero-order valence-electron chi connectivity index (χ0n) is 16.6. The molecule has 0 fully saturated rings. The third-order valence-corrected chi connectivity index (χ3v) is 4.58. The largest absolute Gasteiger partial charge is 0.484 e. The topological polar surface area (TPSA) is 58.6 Å². The molecule has 5 nitrogen and oxygen atoms in total. The summed E-state index contributed by atoms with van der Waals surface area (Å²) >= 11 is 5.96. The first-order valence-corrected chi connectivity index (χ1v) is 9.79. The van der Waals surface area contributed by atoms with Crippen molar-refractivity contribution in [1.29, 1.82) is 0 Å². The Labute approximate surface area is 171 Å². The van der Waals surface area contributed by atoms with Crippen LogP contribution >= 0.6 is 11.6 Å². The summed E-state index contributed by atoms with van der Waals surface area (Å²) in [5.74, 6) is 0.0731. The van der Waals surface area contributed by atoms with Gasteiger partial charge in [-0.25, -0.2) is 0 Å². The number of rotatable bonds is 9. The van der Waals surface area contributed by atoms with Crippen LogP contribution in [0.15, 0.2) is 48.5 Å². The Balaban J connectivity index is 2.11. The molecular formula is C22H27ClN2O3. The SMILES string of the molecule is CCCNC(=O)[C@H](C)N(Cc1ccc(C)cc1)C(=O)COc1cccc(Cl)c1. The highest BCUT2D eigenvalue weighted by Crippen LogP contribution is 2.18. The Hall–Kier alpha value is -2.53. The quantitative estimate of drug-likeness (QED) is 0.690. The van der Waals surface area contributed by atoms with Gasteiger partial charge in [-0.2, -0.15) is 0 Å². The van der Waals surface area contributed by atoms with Gasteiger partial charge < -0.3 is 15.0 Å². The minimum Gasteiger partial charge on any atom is -0.484 e. The highest BCUT2D eigenvalue weighted by molar-refractivity contribution is 6.30. The van der Waals surface area contributed by atoms with Crippen molar-refractivity contribution in [2.24, 2.45) is 0 Å². The van der Waals surface area contributed by atoms with Gasteiger partial charge in [0.05, 0.1) is 0 Å². The Kier molecular flexibility index (Phi) is 8.33. The van der Waals surface area contributed by atoms with Gasteiger partial charge in [-0.15, -0.1) is 0 Å². The zero-order chi connectivity index (χ0) is 20.5. The second kappa shape index (κ2) is 10.7. The fraction of sp³-hybridized carbons (Fsp3) is 0.364. The fourth-order valence-electron chi connectivity index (χ4n) is 2.65. The van der Waals surface area contributed by atoms with E-state index < -0.39 is 6.04 Å². The van der Waals surface area contributed by atoms with E-state index in [0.29, 0.717) is 23.9 Å². The highest BCUT2D eigenvalue weighted by Gasteiger charge is 2.26. The lowest BCUT2D eigenvalue weighted by atomic mass is 10.1. The van der Waals surface area contributed by atoms with Crippen LogP contribution < -0.4 is 10.1 Å². The van der Waals surface area contributed by atoms with Crippen molar-refractivity contribution in [3.05, 3.63) is 64.7 Å². The van der Waals surface area contributed by atoms with E-state index in [1.54, 1.807) is 36.1 Å². The summed E-state index contributed by atoms with van der Waals surface area (Å²) in [7, 11) is 0. The first kappa shape index (κ1) is 21.8. The Bertz CT molecular complexity index is 793. The smallest absolute Gasteiger partial charge is 0.261 e. The lowest BCUT2D eigenvalue weighted by Gasteiger charge is -2.28. The molecule has 2 aromatic carbocycles. The number of hydrogen-bond acceptors (Lipinski definition) is 3. The van der Waals surface area contributed by atoms with Crippen molar-refractivity contribution in [2.75, 3.05) is 13.2 Å². The maximum atomic E-state index is 12.9. The molecule has 1 atom stereocenters. The lowest BCUT2D eigenvalue weighted by Crippen LogP contribution is -2.49. The van der Waals surface area contributed by atoms with Crippen molar-refractivity contribution in [2.45, 2.75) is 39.8 Å². The van der Waals surface area contributed by atoms with Gasteiger partial charge >= 0.3 is 0 Å². The van der Waals surface area contributed by atoms with Crippen LogP contribution in [0.1, 0.15) is 31.4 Å². The van der Waals surface area contributed by atoms with Crippen LogP contribution in [0.25, 0.3) is 0 Å². The second-order valence-electron chi connectivity index (χ2n) is 6.72. The summed E-state index contributed by atoms with van der Waals surface area (Å²) in [6.07, 6.45) is 0.836. The number of carbonyl (C=O) groups excluding carboxylic acids is 2. The van der Waals surface area contributed by atoms with E-state index >= 15 is 0 Å². The van der Waals surface area contributed by atoms with Gasteiger partial charge in [0.1, 0.15) is 11.8 Å². The molecule has 2 rings (SSSR count). The zero-order valence-corrected chi connectivity index (χ0v) is 17.3. The van der Waals surface area contributed by atoms with Gasteiger partial charge in [-0.05, 0) is 44.0 Å². The average molecular weight is 403 g/mol. The van der Waals surface area contributed by atoms with E-state index in [0.717, 1.165) is 17.5 Å². The average Bonchev–Trinajstić information content (AvgIpc) is 2.69. The molecule has 0 aliphatic rings. The molecule has 0 saturated carbocycles. The van der Waals surface area contributed by atoms with E-state index in [4.69, 9.17) is 16.3 Å². The summed E-state index contributed by atoms with van der Waals surface area (Å²) in [6.45, 7) is 6.47. The van der Waals surface area contributed by atoms with E-state index in [9.17, 15) is 9.59 Å². The van der Waals surface area contributed by atoms with Gasteiger partial charge in [0.2, 0.25) is 5.91 Å². The number of aryl methyl sites for hydroxylation is 1. The standard InChI is InChI=1S/C22H27ClN2O3/c1-4-12-24-22(27)17(3)25(14-18-10-8-16(2)9-11-18)21(26)15-28-20-7-5-6-19(23)13-20/h5-11,13,17H,4,12,14-15H2,1-3H3,(H,24,27)/t17-/m0/s1. The molecule has 0 bridgehead atoms. The monoisotopic (exact) mass is 402 g/mol. The summed E-state index contributed by atoms with van der Waals surface area (Å²) in [5.41, 5.74) is 2.09. The summed E-state index contributed by atoms with van der Waals surface area (Å²) < 4.78 is 5.59. The maximum absolute atomic E-state index is 12.9.